The Balaban J connectivity index is 3.19. The summed E-state index contributed by atoms with van der Waals surface area (Å²) in [5, 5.41) is 10.2. The van der Waals surface area contributed by atoms with Crippen molar-refractivity contribution in [2.75, 3.05) is 7.05 Å². The van der Waals surface area contributed by atoms with Crippen LogP contribution in [0, 0.1) is 0 Å². The summed E-state index contributed by atoms with van der Waals surface area (Å²) in [6.45, 7) is -3.30. The minimum atomic E-state index is -3.32. The number of alkyl halides is 4. The largest absolute Gasteiger partial charge is 0.545 e. The van der Waals surface area contributed by atoms with Crippen LogP contribution >= 0.6 is 11.6 Å². The number of carboxylic acids is 1. The zero-order valence-corrected chi connectivity index (χ0v) is 8.59. The number of carboxylic acid groups (broad SMARTS) is 1. The molecular weight excluding hydrogens is 256 g/mol. The zero-order chi connectivity index (χ0) is 12.6. The molecule has 1 atom stereocenters. The molecule has 0 aromatic carbocycles. The minimum Gasteiger partial charge on any atom is -0.545 e. The fourth-order valence-electron chi connectivity index (χ4n) is 1.42. The number of rotatable bonds is 3. The number of hydrogen-bond donors (Lipinski definition) is 0. The third-order valence-corrected chi connectivity index (χ3v) is 2.54. The highest BCUT2D eigenvalue weighted by Crippen LogP contribution is 2.35. The average molecular weight is 262 g/mol. The molecule has 1 aliphatic heterocycles. The molecule has 9 heteroatoms. The first-order chi connectivity index (χ1) is 7.29. The van der Waals surface area contributed by atoms with Gasteiger partial charge in [-0.3, -0.25) is 5.01 Å². The third-order valence-electron chi connectivity index (χ3n) is 2.09. The van der Waals surface area contributed by atoms with Crippen LogP contribution in [0.4, 0.5) is 17.6 Å². The standard InChI is InChI=1S/C7H7ClF4N2O2/c1-13-4(8)2(6(15)16)3(5(9)10)14(13)7(11)12/h3,5,7H,1H3,(H,15,16)/p-1. The first kappa shape index (κ1) is 13.0. The maximum Gasteiger partial charge on any atom is 0.311 e. The van der Waals surface area contributed by atoms with Crippen molar-refractivity contribution < 1.29 is 27.5 Å². The van der Waals surface area contributed by atoms with Gasteiger partial charge < -0.3 is 9.90 Å². The summed E-state index contributed by atoms with van der Waals surface area (Å²) in [6, 6.07) is -2.30. The van der Waals surface area contributed by atoms with E-state index in [1.165, 1.54) is 0 Å². The van der Waals surface area contributed by atoms with Crippen molar-refractivity contribution in [3.05, 3.63) is 10.7 Å². The van der Waals surface area contributed by atoms with Crippen LogP contribution < -0.4 is 5.11 Å². The van der Waals surface area contributed by atoms with Crippen LogP contribution in [0.1, 0.15) is 0 Å². The minimum absolute atomic E-state index is 0.113. The van der Waals surface area contributed by atoms with Crippen molar-refractivity contribution in [1.82, 2.24) is 10.0 Å². The molecule has 92 valence electrons. The fraction of sp³-hybridized carbons (Fsp3) is 0.571. The summed E-state index contributed by atoms with van der Waals surface area (Å²) in [7, 11) is 0.958. The molecule has 0 aromatic heterocycles. The smallest absolute Gasteiger partial charge is 0.311 e. The normalized spacial score (nSPS) is 22.8. The summed E-state index contributed by atoms with van der Waals surface area (Å²) in [5.74, 6) is -2.00. The predicted octanol–water partition coefficient (Wildman–Crippen LogP) is 0.205. The highest BCUT2D eigenvalue weighted by molar-refractivity contribution is 6.31. The Kier molecular flexibility index (Phi) is 3.64. The molecule has 0 N–H and O–H groups in total. The molecule has 0 saturated carbocycles. The van der Waals surface area contributed by atoms with E-state index in [-0.39, 0.29) is 5.01 Å². The molecule has 0 bridgehead atoms. The summed E-state index contributed by atoms with van der Waals surface area (Å²) < 4.78 is 50.0. The van der Waals surface area contributed by atoms with Crippen molar-refractivity contribution in [2.45, 2.75) is 19.0 Å². The molecule has 16 heavy (non-hydrogen) atoms. The Morgan fingerprint density at radius 3 is 2.25 bits per heavy atom. The van der Waals surface area contributed by atoms with Crippen LogP contribution in [0.3, 0.4) is 0 Å². The molecule has 0 aliphatic carbocycles. The lowest BCUT2D eigenvalue weighted by atomic mass is 10.1. The summed E-state index contributed by atoms with van der Waals surface area (Å²) >= 11 is 5.38. The van der Waals surface area contributed by atoms with Crippen LogP contribution in [0.2, 0.25) is 0 Å². The second-order valence-corrected chi connectivity index (χ2v) is 3.31. The Morgan fingerprint density at radius 1 is 1.44 bits per heavy atom. The van der Waals surface area contributed by atoms with Crippen LogP contribution in [-0.2, 0) is 4.79 Å². The van der Waals surface area contributed by atoms with E-state index in [1.54, 1.807) is 0 Å². The van der Waals surface area contributed by atoms with Gasteiger partial charge in [0.05, 0.1) is 5.97 Å². The maximum atomic E-state index is 12.5. The number of halogens is 5. The van der Waals surface area contributed by atoms with E-state index < -0.39 is 35.7 Å². The van der Waals surface area contributed by atoms with Crippen molar-refractivity contribution in [2.24, 2.45) is 0 Å². The molecule has 1 rings (SSSR count). The third kappa shape index (κ3) is 1.94. The summed E-state index contributed by atoms with van der Waals surface area (Å²) in [4.78, 5) is 10.6. The lowest BCUT2D eigenvalue weighted by Gasteiger charge is -2.30. The number of carbonyl (C=O) groups excluding carboxylic acids is 1. The van der Waals surface area contributed by atoms with E-state index in [1.807, 2.05) is 0 Å². The zero-order valence-electron chi connectivity index (χ0n) is 7.83. The number of aliphatic carboxylic acids is 1. The fourth-order valence-corrected chi connectivity index (χ4v) is 1.69. The van der Waals surface area contributed by atoms with E-state index in [2.05, 4.69) is 0 Å². The van der Waals surface area contributed by atoms with Gasteiger partial charge in [0.2, 0.25) is 0 Å². The Labute approximate surface area is 92.6 Å². The molecule has 1 aliphatic rings. The first-order valence-corrected chi connectivity index (χ1v) is 4.36. The monoisotopic (exact) mass is 261 g/mol. The predicted molar refractivity (Wildman–Crippen MR) is 43.3 cm³/mol. The van der Waals surface area contributed by atoms with Crippen molar-refractivity contribution >= 4 is 17.6 Å². The number of hydrogen-bond acceptors (Lipinski definition) is 4. The lowest BCUT2D eigenvalue weighted by molar-refractivity contribution is -0.300. The van der Waals surface area contributed by atoms with Crippen molar-refractivity contribution in [1.29, 1.82) is 0 Å². The highest BCUT2D eigenvalue weighted by Gasteiger charge is 2.46. The van der Waals surface area contributed by atoms with Crippen LogP contribution in [-0.4, -0.2) is 42.1 Å². The lowest BCUT2D eigenvalue weighted by Crippen LogP contribution is -2.48. The molecule has 0 aromatic rings. The van der Waals surface area contributed by atoms with Gasteiger partial charge in [-0.2, -0.15) is 8.78 Å². The molecule has 0 radical (unpaired) electrons. The Hall–Kier alpha value is -1.02. The summed E-state index contributed by atoms with van der Waals surface area (Å²) in [6.07, 6.45) is -3.32. The molecular formula is C7H6ClF4N2O2-. The topological polar surface area (TPSA) is 46.6 Å². The van der Waals surface area contributed by atoms with Crippen molar-refractivity contribution in [3.8, 4) is 0 Å². The van der Waals surface area contributed by atoms with Gasteiger partial charge in [0.15, 0.2) is 0 Å². The number of nitrogens with zero attached hydrogens (tertiary/aromatic N) is 2. The number of hydrazine groups is 1. The molecule has 1 unspecified atom stereocenters. The highest BCUT2D eigenvalue weighted by atomic mass is 35.5. The molecule has 0 amide bonds. The van der Waals surface area contributed by atoms with Gasteiger partial charge in [0.1, 0.15) is 11.2 Å². The van der Waals surface area contributed by atoms with Crippen LogP contribution in [0.25, 0.3) is 0 Å². The van der Waals surface area contributed by atoms with E-state index in [9.17, 15) is 27.5 Å². The summed E-state index contributed by atoms with van der Waals surface area (Å²) in [5.41, 5.74) is -1.04. The maximum absolute atomic E-state index is 12.5. The van der Waals surface area contributed by atoms with Gasteiger partial charge >= 0.3 is 6.55 Å². The van der Waals surface area contributed by atoms with Gasteiger partial charge in [0, 0.05) is 12.6 Å². The Morgan fingerprint density at radius 2 is 1.94 bits per heavy atom. The first-order valence-electron chi connectivity index (χ1n) is 3.98. The molecule has 0 spiro atoms. The van der Waals surface area contributed by atoms with Crippen LogP contribution in [0.5, 0.6) is 0 Å². The van der Waals surface area contributed by atoms with Gasteiger partial charge in [0.25, 0.3) is 6.43 Å². The van der Waals surface area contributed by atoms with E-state index in [4.69, 9.17) is 11.6 Å². The molecule has 4 nitrogen and oxygen atoms in total. The van der Waals surface area contributed by atoms with E-state index in [0.717, 1.165) is 7.05 Å². The Bertz CT molecular complexity index is 336. The van der Waals surface area contributed by atoms with Crippen molar-refractivity contribution in [3.63, 3.8) is 0 Å². The van der Waals surface area contributed by atoms with Crippen LogP contribution in [0.15, 0.2) is 10.7 Å². The second-order valence-electron chi connectivity index (χ2n) is 2.95. The molecule has 1 heterocycles. The van der Waals surface area contributed by atoms with E-state index >= 15 is 0 Å². The average Bonchev–Trinajstić information content (AvgIpc) is 2.39. The SMILES string of the molecule is CN1C(Cl)=C(C(=O)[O-])C(C(F)F)N1C(F)F. The van der Waals surface area contributed by atoms with Gasteiger partial charge in [-0.25, -0.2) is 8.78 Å². The quantitative estimate of drug-likeness (QED) is 0.538. The molecule has 0 fully saturated rings. The second kappa shape index (κ2) is 4.46. The van der Waals surface area contributed by atoms with Gasteiger partial charge in [-0.15, -0.1) is 5.01 Å². The molecule has 0 saturated heterocycles. The van der Waals surface area contributed by atoms with E-state index in [0.29, 0.717) is 5.01 Å². The van der Waals surface area contributed by atoms with Gasteiger partial charge in [-0.1, -0.05) is 11.6 Å². The number of carbonyl (C=O) groups is 1. The van der Waals surface area contributed by atoms with Gasteiger partial charge in [-0.05, 0) is 0 Å².